The minimum atomic E-state index is 0.736. The van der Waals surface area contributed by atoms with Crippen LogP contribution in [0.2, 0.25) is 0 Å². The zero-order chi connectivity index (χ0) is 17.8. The van der Waals surface area contributed by atoms with E-state index in [0.29, 0.717) is 0 Å². The Labute approximate surface area is 150 Å². The Kier molecular flexibility index (Phi) is 5.26. The summed E-state index contributed by atoms with van der Waals surface area (Å²) in [6.45, 7) is 9.09. The Hall–Kier alpha value is -2.50. The van der Waals surface area contributed by atoms with Gasteiger partial charge in [-0.25, -0.2) is 0 Å². The zero-order valence-corrected chi connectivity index (χ0v) is 15.7. The van der Waals surface area contributed by atoms with Crippen molar-refractivity contribution >= 4 is 11.6 Å². The number of hydrogen-bond acceptors (Lipinski definition) is 3. The van der Waals surface area contributed by atoms with Gasteiger partial charge in [0.05, 0.1) is 12.2 Å². The molecule has 6 heteroatoms. The first-order valence-electron chi connectivity index (χ1n) is 8.84. The van der Waals surface area contributed by atoms with E-state index in [1.54, 1.807) is 0 Å². The average Bonchev–Trinajstić information content (AvgIpc) is 3.04. The number of benzene rings is 1. The Morgan fingerprint density at radius 2 is 1.92 bits per heavy atom. The number of nitrogens with one attached hydrogen (secondary N) is 1. The SMILES string of the molecule is CN=C(NCc1ccnn1C)N1CCN(c2cccc(C)c2C)CC1. The number of aryl methyl sites for hydroxylation is 2. The van der Waals surface area contributed by atoms with Gasteiger partial charge in [-0.15, -0.1) is 0 Å². The topological polar surface area (TPSA) is 48.7 Å². The van der Waals surface area contributed by atoms with E-state index in [1.165, 1.54) is 16.8 Å². The first kappa shape index (κ1) is 17.3. The molecule has 0 saturated carbocycles. The molecule has 0 aliphatic carbocycles. The van der Waals surface area contributed by atoms with Crippen LogP contribution in [0.25, 0.3) is 0 Å². The maximum atomic E-state index is 4.45. The number of nitrogens with zero attached hydrogens (tertiary/aromatic N) is 5. The fourth-order valence-electron chi connectivity index (χ4n) is 3.31. The molecule has 0 unspecified atom stereocenters. The quantitative estimate of drug-likeness (QED) is 0.685. The molecule has 1 fully saturated rings. The molecule has 1 aromatic heterocycles. The van der Waals surface area contributed by atoms with E-state index in [0.717, 1.165) is 44.4 Å². The molecular weight excluding hydrogens is 312 g/mol. The van der Waals surface area contributed by atoms with Gasteiger partial charge in [-0.2, -0.15) is 5.10 Å². The van der Waals surface area contributed by atoms with Crippen LogP contribution in [0, 0.1) is 13.8 Å². The standard InChI is InChI=1S/C19H28N6/c1-15-6-5-7-18(16(15)2)24-10-12-25(13-11-24)19(20-3)21-14-17-8-9-22-23(17)4/h5-9H,10-14H2,1-4H3,(H,20,21). The van der Waals surface area contributed by atoms with Crippen molar-refractivity contribution in [3.05, 3.63) is 47.3 Å². The largest absolute Gasteiger partial charge is 0.368 e. The summed E-state index contributed by atoms with van der Waals surface area (Å²) in [4.78, 5) is 9.26. The van der Waals surface area contributed by atoms with Gasteiger partial charge in [-0.05, 0) is 37.1 Å². The van der Waals surface area contributed by atoms with Crippen LogP contribution in [0.5, 0.6) is 0 Å². The number of aliphatic imine (C=N–C) groups is 1. The highest BCUT2D eigenvalue weighted by Gasteiger charge is 2.21. The molecule has 0 radical (unpaired) electrons. The lowest BCUT2D eigenvalue weighted by atomic mass is 10.1. The minimum absolute atomic E-state index is 0.736. The van der Waals surface area contributed by atoms with Crippen molar-refractivity contribution in [2.45, 2.75) is 20.4 Å². The summed E-state index contributed by atoms with van der Waals surface area (Å²) in [6, 6.07) is 8.59. The summed E-state index contributed by atoms with van der Waals surface area (Å²) in [5, 5.41) is 7.66. The summed E-state index contributed by atoms with van der Waals surface area (Å²) in [5.74, 6) is 0.960. The van der Waals surface area contributed by atoms with Crippen LogP contribution in [0.3, 0.4) is 0 Å². The van der Waals surface area contributed by atoms with E-state index in [2.05, 4.69) is 57.3 Å². The van der Waals surface area contributed by atoms with Gasteiger partial charge in [0.1, 0.15) is 0 Å². The van der Waals surface area contributed by atoms with Crippen LogP contribution in [-0.4, -0.2) is 53.9 Å². The number of rotatable bonds is 3. The molecule has 1 saturated heterocycles. The van der Waals surface area contributed by atoms with Crippen molar-refractivity contribution in [1.82, 2.24) is 20.0 Å². The molecule has 1 aliphatic heterocycles. The molecule has 2 heterocycles. The monoisotopic (exact) mass is 340 g/mol. The van der Waals surface area contributed by atoms with Gasteiger partial charge in [0.15, 0.2) is 5.96 Å². The predicted molar refractivity (Wildman–Crippen MR) is 103 cm³/mol. The van der Waals surface area contributed by atoms with Crippen LogP contribution in [-0.2, 0) is 13.6 Å². The van der Waals surface area contributed by atoms with Gasteiger partial charge in [-0.3, -0.25) is 9.67 Å². The molecule has 3 rings (SSSR count). The van der Waals surface area contributed by atoms with Gasteiger partial charge < -0.3 is 15.1 Å². The van der Waals surface area contributed by atoms with Crippen LogP contribution >= 0.6 is 0 Å². The van der Waals surface area contributed by atoms with Crippen LogP contribution in [0.4, 0.5) is 5.69 Å². The number of aromatic nitrogens is 2. The van der Waals surface area contributed by atoms with Gasteiger partial charge in [-0.1, -0.05) is 12.1 Å². The number of hydrogen-bond donors (Lipinski definition) is 1. The molecule has 25 heavy (non-hydrogen) atoms. The van der Waals surface area contributed by atoms with Crippen LogP contribution < -0.4 is 10.2 Å². The molecule has 6 nitrogen and oxygen atoms in total. The first-order chi connectivity index (χ1) is 12.1. The molecule has 134 valence electrons. The van der Waals surface area contributed by atoms with E-state index in [9.17, 15) is 0 Å². The lowest BCUT2D eigenvalue weighted by molar-refractivity contribution is 0.371. The second-order valence-corrected chi connectivity index (χ2v) is 6.54. The van der Waals surface area contributed by atoms with E-state index < -0.39 is 0 Å². The zero-order valence-electron chi connectivity index (χ0n) is 15.7. The summed E-state index contributed by atoms with van der Waals surface area (Å²) in [6.07, 6.45) is 1.82. The molecule has 0 atom stereocenters. The lowest BCUT2D eigenvalue weighted by Crippen LogP contribution is -2.52. The second-order valence-electron chi connectivity index (χ2n) is 6.54. The Bertz CT molecular complexity index is 740. The average molecular weight is 340 g/mol. The van der Waals surface area contributed by atoms with Gasteiger partial charge in [0.25, 0.3) is 0 Å². The third-order valence-electron chi connectivity index (χ3n) is 5.06. The first-order valence-corrected chi connectivity index (χ1v) is 8.84. The highest BCUT2D eigenvalue weighted by molar-refractivity contribution is 5.80. The lowest BCUT2D eigenvalue weighted by Gasteiger charge is -2.38. The van der Waals surface area contributed by atoms with E-state index >= 15 is 0 Å². The molecule has 0 spiro atoms. The molecule has 2 aromatic rings. The maximum Gasteiger partial charge on any atom is 0.194 e. The van der Waals surface area contributed by atoms with Crippen LogP contribution in [0.15, 0.2) is 35.5 Å². The fourth-order valence-corrected chi connectivity index (χ4v) is 3.31. The summed E-state index contributed by atoms with van der Waals surface area (Å²) < 4.78 is 1.89. The predicted octanol–water partition coefficient (Wildman–Crippen LogP) is 1.93. The van der Waals surface area contributed by atoms with Crippen LogP contribution in [0.1, 0.15) is 16.8 Å². The van der Waals surface area contributed by atoms with Crippen molar-refractivity contribution < 1.29 is 0 Å². The van der Waals surface area contributed by atoms with Crippen molar-refractivity contribution in [1.29, 1.82) is 0 Å². The number of anilines is 1. The minimum Gasteiger partial charge on any atom is -0.368 e. The van der Waals surface area contributed by atoms with Crippen molar-refractivity contribution in [2.24, 2.45) is 12.0 Å². The van der Waals surface area contributed by atoms with Gasteiger partial charge in [0.2, 0.25) is 0 Å². The molecule has 0 bridgehead atoms. The van der Waals surface area contributed by atoms with E-state index in [4.69, 9.17) is 0 Å². The third kappa shape index (κ3) is 3.78. The van der Waals surface area contributed by atoms with Crippen molar-refractivity contribution in [3.8, 4) is 0 Å². The Morgan fingerprint density at radius 1 is 1.16 bits per heavy atom. The number of piperazine rings is 1. The number of guanidine groups is 1. The second kappa shape index (κ2) is 7.59. The highest BCUT2D eigenvalue weighted by atomic mass is 15.4. The summed E-state index contributed by atoms with van der Waals surface area (Å²) >= 11 is 0. The summed E-state index contributed by atoms with van der Waals surface area (Å²) in [7, 11) is 3.81. The van der Waals surface area contributed by atoms with Crippen molar-refractivity contribution in [3.63, 3.8) is 0 Å². The maximum absolute atomic E-state index is 4.45. The Balaban J connectivity index is 1.59. The van der Waals surface area contributed by atoms with Gasteiger partial charge in [0, 0.05) is 52.2 Å². The van der Waals surface area contributed by atoms with Gasteiger partial charge >= 0.3 is 0 Å². The van der Waals surface area contributed by atoms with E-state index in [-0.39, 0.29) is 0 Å². The molecule has 1 aliphatic rings. The smallest absolute Gasteiger partial charge is 0.194 e. The molecule has 1 aromatic carbocycles. The normalized spacial score (nSPS) is 15.6. The van der Waals surface area contributed by atoms with E-state index in [1.807, 2.05) is 31.0 Å². The Morgan fingerprint density at radius 3 is 2.56 bits per heavy atom. The highest BCUT2D eigenvalue weighted by Crippen LogP contribution is 2.23. The van der Waals surface area contributed by atoms with Crippen molar-refractivity contribution in [2.75, 3.05) is 38.1 Å². The molecular formula is C19H28N6. The molecule has 0 amide bonds. The summed E-state index contributed by atoms with van der Waals surface area (Å²) in [5.41, 5.74) is 5.25. The fraction of sp³-hybridized carbons (Fsp3) is 0.474. The molecule has 1 N–H and O–H groups in total. The third-order valence-corrected chi connectivity index (χ3v) is 5.06.